The van der Waals surface area contributed by atoms with Crippen LogP contribution in [0.25, 0.3) is 0 Å². The third-order valence-electron chi connectivity index (χ3n) is 6.20. The highest BCUT2D eigenvalue weighted by Gasteiger charge is 2.28. The monoisotopic (exact) mass is 494 g/mol. The number of benzene rings is 2. The Labute approximate surface area is 208 Å². The van der Waals surface area contributed by atoms with Crippen LogP contribution in [-0.2, 0) is 4.79 Å². The highest BCUT2D eigenvalue weighted by Crippen LogP contribution is 2.30. The van der Waals surface area contributed by atoms with Gasteiger partial charge in [-0.2, -0.15) is 4.98 Å². The van der Waals surface area contributed by atoms with Crippen LogP contribution in [0.1, 0.15) is 41.5 Å². The van der Waals surface area contributed by atoms with Gasteiger partial charge in [0.15, 0.2) is 5.78 Å². The Morgan fingerprint density at radius 1 is 0.917 bits per heavy atom. The van der Waals surface area contributed by atoms with E-state index in [9.17, 15) is 18.4 Å². The number of rotatable bonds is 8. The molecule has 4 rings (SSSR count). The molecule has 188 valence electrons. The number of ketones is 1. The first-order chi connectivity index (χ1) is 17.2. The van der Waals surface area contributed by atoms with Crippen molar-refractivity contribution >= 4 is 23.5 Å². The van der Waals surface area contributed by atoms with Gasteiger partial charge >= 0.3 is 0 Å². The minimum Gasteiger partial charge on any atom is -0.368 e. The molecular weight excluding hydrogens is 466 g/mol. The summed E-state index contributed by atoms with van der Waals surface area (Å²) >= 11 is 0. The van der Waals surface area contributed by atoms with E-state index in [0.29, 0.717) is 37.9 Å². The average molecular weight is 495 g/mol. The number of primary amides is 1. The van der Waals surface area contributed by atoms with Crippen molar-refractivity contribution in [3.63, 3.8) is 0 Å². The zero-order valence-electron chi connectivity index (χ0n) is 20.1. The van der Waals surface area contributed by atoms with Crippen molar-refractivity contribution in [2.75, 3.05) is 36.4 Å². The number of nitrogens with two attached hydrogens (primary N) is 1. The molecule has 1 atom stereocenters. The van der Waals surface area contributed by atoms with E-state index in [4.69, 9.17) is 5.73 Å². The van der Waals surface area contributed by atoms with Gasteiger partial charge in [0, 0.05) is 39.2 Å². The Bertz CT molecular complexity index is 1180. The van der Waals surface area contributed by atoms with Crippen LogP contribution in [0.15, 0.2) is 54.6 Å². The third-order valence-corrected chi connectivity index (χ3v) is 6.20. The van der Waals surface area contributed by atoms with Crippen LogP contribution < -0.4 is 16.0 Å². The van der Waals surface area contributed by atoms with Crippen molar-refractivity contribution in [2.24, 2.45) is 5.73 Å². The molecule has 1 aliphatic rings. The Hall–Kier alpha value is -3.92. The molecule has 3 N–H and O–H groups in total. The second kappa shape index (κ2) is 10.8. The van der Waals surface area contributed by atoms with Gasteiger partial charge in [0.2, 0.25) is 11.9 Å². The van der Waals surface area contributed by atoms with E-state index in [1.807, 2.05) is 4.90 Å². The van der Waals surface area contributed by atoms with Crippen molar-refractivity contribution in [1.29, 1.82) is 0 Å². The summed E-state index contributed by atoms with van der Waals surface area (Å²) in [5.74, 6) is -0.686. The number of amides is 1. The van der Waals surface area contributed by atoms with Gasteiger partial charge < -0.3 is 16.0 Å². The fourth-order valence-corrected chi connectivity index (χ4v) is 4.21. The van der Waals surface area contributed by atoms with Crippen LogP contribution in [0, 0.1) is 11.6 Å². The SMILES string of the molecule is CC(=O)c1cc(N[C@@H](C)C(N)=O)nc(N2CCN(C(c3ccc(F)cc3)c3ccc(F)cc3)CC2)n1. The van der Waals surface area contributed by atoms with E-state index in [1.165, 1.54) is 37.3 Å². The number of carbonyl (C=O) groups excluding carboxylic acids is 2. The fourth-order valence-electron chi connectivity index (χ4n) is 4.21. The molecule has 1 saturated heterocycles. The second-order valence-corrected chi connectivity index (χ2v) is 8.79. The van der Waals surface area contributed by atoms with Crippen molar-refractivity contribution in [3.8, 4) is 0 Å². The maximum Gasteiger partial charge on any atom is 0.239 e. The van der Waals surface area contributed by atoms with E-state index in [0.717, 1.165) is 11.1 Å². The Morgan fingerprint density at radius 3 is 1.92 bits per heavy atom. The molecule has 1 fully saturated rings. The summed E-state index contributed by atoms with van der Waals surface area (Å²) in [6.07, 6.45) is 0. The van der Waals surface area contributed by atoms with E-state index >= 15 is 0 Å². The molecular formula is C26H28F2N6O2. The molecule has 2 aromatic carbocycles. The molecule has 0 aliphatic carbocycles. The van der Waals surface area contributed by atoms with Gasteiger partial charge in [0.05, 0.1) is 6.04 Å². The van der Waals surface area contributed by atoms with Crippen LogP contribution >= 0.6 is 0 Å². The summed E-state index contributed by atoms with van der Waals surface area (Å²) < 4.78 is 27.2. The zero-order valence-corrected chi connectivity index (χ0v) is 20.1. The summed E-state index contributed by atoms with van der Waals surface area (Å²) in [6, 6.07) is 13.3. The van der Waals surface area contributed by atoms with Crippen LogP contribution in [-0.4, -0.2) is 58.8 Å². The van der Waals surface area contributed by atoms with Gasteiger partial charge in [0.1, 0.15) is 29.2 Å². The van der Waals surface area contributed by atoms with Crippen molar-refractivity contribution in [1.82, 2.24) is 14.9 Å². The molecule has 8 nitrogen and oxygen atoms in total. The van der Waals surface area contributed by atoms with Crippen LogP contribution in [0.5, 0.6) is 0 Å². The number of hydrogen-bond acceptors (Lipinski definition) is 7. The maximum absolute atomic E-state index is 13.6. The smallest absolute Gasteiger partial charge is 0.239 e. The number of aromatic nitrogens is 2. The lowest BCUT2D eigenvalue weighted by Gasteiger charge is -2.40. The summed E-state index contributed by atoms with van der Waals surface area (Å²) in [4.78, 5) is 36.7. The standard InChI is InChI=1S/C26H28F2N6O2/c1-16(25(29)36)30-23-15-22(17(2)35)31-26(32-23)34-13-11-33(12-14-34)24(18-3-7-20(27)8-4-18)19-5-9-21(28)10-6-19/h3-10,15-16,24H,11-14H2,1-2H3,(H2,29,36)(H,30,31,32)/t16-/m0/s1. The number of nitrogens with zero attached hydrogens (tertiary/aromatic N) is 4. The molecule has 0 radical (unpaired) electrons. The minimum absolute atomic E-state index is 0.188. The highest BCUT2D eigenvalue weighted by molar-refractivity contribution is 5.93. The molecule has 0 bridgehead atoms. The van der Waals surface area contributed by atoms with Gasteiger partial charge in [-0.15, -0.1) is 0 Å². The lowest BCUT2D eigenvalue weighted by Crippen LogP contribution is -2.48. The topological polar surface area (TPSA) is 104 Å². The lowest BCUT2D eigenvalue weighted by atomic mass is 9.96. The number of halogens is 2. The Balaban J connectivity index is 1.57. The molecule has 2 heterocycles. The van der Waals surface area contributed by atoms with Gasteiger partial charge in [-0.25, -0.2) is 13.8 Å². The van der Waals surface area contributed by atoms with E-state index < -0.39 is 11.9 Å². The Morgan fingerprint density at radius 2 is 1.44 bits per heavy atom. The largest absolute Gasteiger partial charge is 0.368 e. The number of carbonyl (C=O) groups is 2. The molecule has 36 heavy (non-hydrogen) atoms. The number of piperazine rings is 1. The van der Waals surface area contributed by atoms with Crippen LogP contribution in [0.4, 0.5) is 20.5 Å². The van der Waals surface area contributed by atoms with Gasteiger partial charge in [0.25, 0.3) is 0 Å². The summed E-state index contributed by atoms with van der Waals surface area (Å²) in [5, 5.41) is 2.92. The van der Waals surface area contributed by atoms with Crippen LogP contribution in [0.2, 0.25) is 0 Å². The molecule has 1 amide bonds. The summed E-state index contributed by atoms with van der Waals surface area (Å²) in [6.45, 7) is 5.39. The number of Topliss-reactive ketones (excluding diaryl/α,β-unsaturated/α-hetero) is 1. The van der Waals surface area contributed by atoms with Gasteiger partial charge in [-0.1, -0.05) is 24.3 Å². The first kappa shape index (κ1) is 25.2. The predicted molar refractivity (Wildman–Crippen MR) is 133 cm³/mol. The Kier molecular flexibility index (Phi) is 7.54. The molecule has 1 aliphatic heterocycles. The predicted octanol–water partition coefficient (Wildman–Crippen LogP) is 3.15. The van der Waals surface area contributed by atoms with E-state index in [-0.39, 0.29) is 29.2 Å². The van der Waals surface area contributed by atoms with Gasteiger partial charge in [-0.05, 0) is 42.3 Å². The first-order valence-corrected chi connectivity index (χ1v) is 11.7. The normalized spacial score (nSPS) is 15.1. The minimum atomic E-state index is -0.670. The van der Waals surface area contributed by atoms with Crippen LogP contribution in [0.3, 0.4) is 0 Å². The average Bonchev–Trinajstić information content (AvgIpc) is 2.86. The molecule has 0 saturated carbocycles. The molecule has 1 aromatic heterocycles. The first-order valence-electron chi connectivity index (χ1n) is 11.7. The molecule has 0 unspecified atom stereocenters. The van der Waals surface area contributed by atoms with Gasteiger partial charge in [-0.3, -0.25) is 14.5 Å². The number of anilines is 2. The summed E-state index contributed by atoms with van der Waals surface area (Å²) in [5.41, 5.74) is 7.38. The lowest BCUT2D eigenvalue weighted by molar-refractivity contribution is -0.118. The van der Waals surface area contributed by atoms with Crippen molar-refractivity contribution < 1.29 is 18.4 Å². The highest BCUT2D eigenvalue weighted by atomic mass is 19.1. The molecule has 10 heteroatoms. The number of hydrogen-bond donors (Lipinski definition) is 2. The van der Waals surface area contributed by atoms with E-state index in [1.54, 1.807) is 31.2 Å². The molecule has 0 spiro atoms. The second-order valence-electron chi connectivity index (χ2n) is 8.79. The molecule has 3 aromatic rings. The third kappa shape index (κ3) is 5.83. The maximum atomic E-state index is 13.6. The zero-order chi connectivity index (χ0) is 25.8. The fraction of sp³-hybridized carbons (Fsp3) is 0.308. The quantitative estimate of drug-likeness (QED) is 0.464. The number of nitrogens with one attached hydrogen (secondary N) is 1. The van der Waals surface area contributed by atoms with Crippen molar-refractivity contribution in [3.05, 3.63) is 83.1 Å². The summed E-state index contributed by atoms with van der Waals surface area (Å²) in [7, 11) is 0. The van der Waals surface area contributed by atoms with E-state index in [2.05, 4.69) is 20.2 Å². The van der Waals surface area contributed by atoms with Crippen molar-refractivity contribution in [2.45, 2.75) is 25.9 Å².